The first-order valence-electron chi connectivity index (χ1n) is 10.1. The van der Waals surface area contributed by atoms with Crippen molar-refractivity contribution >= 4 is 44.2 Å². The number of oxazole rings is 1. The van der Waals surface area contributed by atoms with Crippen LogP contribution in [0, 0.1) is 19.7 Å². The van der Waals surface area contributed by atoms with Gasteiger partial charge in [-0.3, -0.25) is 9.59 Å². The van der Waals surface area contributed by atoms with Gasteiger partial charge in [-0.15, -0.1) is 11.3 Å². The van der Waals surface area contributed by atoms with Crippen molar-refractivity contribution in [2.45, 2.75) is 20.4 Å². The molecule has 0 fully saturated rings. The second kappa shape index (κ2) is 7.89. The topological polar surface area (TPSA) is 94.1 Å². The van der Waals surface area contributed by atoms with Gasteiger partial charge in [0.2, 0.25) is 5.91 Å². The molecular weight excluding hydrogens is 445 g/mol. The number of fused-ring (bicyclic) bond motifs is 2. The first-order chi connectivity index (χ1) is 15.8. The van der Waals surface area contributed by atoms with Gasteiger partial charge in [-0.1, -0.05) is 12.1 Å². The van der Waals surface area contributed by atoms with Crippen LogP contribution in [0.25, 0.3) is 32.6 Å². The standard InChI is InChI=1S/C23H18FN5O3S/c1-12-25-17-8-7-16(10-18(17)32-12)28(3)19(30)11-29-23(31)21-22(33-13(2)26-21)20(27-29)14-5-4-6-15(24)9-14/h4-10H,11H2,1-3H3. The summed E-state index contributed by atoms with van der Waals surface area (Å²) in [6, 6.07) is 11.2. The molecule has 0 N–H and O–H groups in total. The van der Waals surface area contributed by atoms with Gasteiger partial charge in [-0.2, -0.15) is 5.10 Å². The van der Waals surface area contributed by atoms with Crippen LogP contribution < -0.4 is 10.5 Å². The molecule has 0 radical (unpaired) electrons. The van der Waals surface area contributed by atoms with Crippen LogP contribution in [0.15, 0.2) is 51.7 Å². The molecule has 33 heavy (non-hydrogen) atoms. The number of hydrogen-bond donors (Lipinski definition) is 0. The highest BCUT2D eigenvalue weighted by atomic mass is 32.1. The summed E-state index contributed by atoms with van der Waals surface area (Å²) >= 11 is 1.31. The van der Waals surface area contributed by atoms with E-state index in [1.165, 1.54) is 28.4 Å². The molecular formula is C23H18FN5O3S. The van der Waals surface area contributed by atoms with Crippen LogP contribution in [-0.2, 0) is 11.3 Å². The average molecular weight is 463 g/mol. The van der Waals surface area contributed by atoms with Gasteiger partial charge in [-0.05, 0) is 31.2 Å². The highest BCUT2D eigenvalue weighted by molar-refractivity contribution is 7.19. The van der Waals surface area contributed by atoms with Gasteiger partial charge in [0.15, 0.2) is 17.0 Å². The number of nitrogens with zero attached hydrogens (tertiary/aromatic N) is 5. The van der Waals surface area contributed by atoms with Gasteiger partial charge in [0.05, 0.1) is 9.71 Å². The Morgan fingerprint density at radius 1 is 1.18 bits per heavy atom. The van der Waals surface area contributed by atoms with Crippen LogP contribution in [0.4, 0.5) is 10.1 Å². The van der Waals surface area contributed by atoms with E-state index < -0.39 is 11.4 Å². The number of benzene rings is 2. The second-order valence-corrected chi connectivity index (χ2v) is 8.77. The highest BCUT2D eigenvalue weighted by Crippen LogP contribution is 2.30. The van der Waals surface area contributed by atoms with Crippen LogP contribution >= 0.6 is 11.3 Å². The number of anilines is 1. The Morgan fingerprint density at radius 3 is 2.79 bits per heavy atom. The first-order valence-corrected chi connectivity index (χ1v) is 10.9. The zero-order valence-corrected chi connectivity index (χ0v) is 18.8. The molecule has 0 saturated carbocycles. The van der Waals surface area contributed by atoms with E-state index in [1.54, 1.807) is 51.2 Å². The average Bonchev–Trinajstić information content (AvgIpc) is 3.36. The maximum Gasteiger partial charge on any atom is 0.294 e. The number of amides is 1. The van der Waals surface area contributed by atoms with Gasteiger partial charge in [0.25, 0.3) is 5.56 Å². The predicted molar refractivity (Wildman–Crippen MR) is 124 cm³/mol. The minimum Gasteiger partial charge on any atom is -0.441 e. The molecule has 0 aliphatic rings. The lowest BCUT2D eigenvalue weighted by atomic mass is 10.1. The molecule has 0 aliphatic carbocycles. The third-order valence-corrected chi connectivity index (χ3v) is 6.21. The molecule has 8 nitrogen and oxygen atoms in total. The Labute approximate surface area is 190 Å². The third kappa shape index (κ3) is 3.78. The summed E-state index contributed by atoms with van der Waals surface area (Å²) in [4.78, 5) is 36.1. The molecule has 0 unspecified atom stereocenters. The summed E-state index contributed by atoms with van der Waals surface area (Å²) in [5.41, 5.74) is 2.49. The molecule has 0 saturated heterocycles. The third-order valence-electron chi connectivity index (χ3n) is 5.23. The number of rotatable bonds is 4. The molecule has 3 aromatic heterocycles. The highest BCUT2D eigenvalue weighted by Gasteiger charge is 2.20. The van der Waals surface area contributed by atoms with Crippen LogP contribution in [0.2, 0.25) is 0 Å². The maximum atomic E-state index is 13.9. The number of aromatic nitrogens is 4. The van der Waals surface area contributed by atoms with Gasteiger partial charge in [0.1, 0.15) is 23.6 Å². The summed E-state index contributed by atoms with van der Waals surface area (Å²) in [7, 11) is 1.61. The normalized spacial score (nSPS) is 11.4. The fraction of sp³-hybridized carbons (Fsp3) is 0.174. The molecule has 1 amide bonds. The Morgan fingerprint density at radius 2 is 2.00 bits per heavy atom. The fourth-order valence-corrected chi connectivity index (χ4v) is 4.53. The summed E-state index contributed by atoms with van der Waals surface area (Å²) in [6.45, 7) is 3.22. The van der Waals surface area contributed by atoms with Crippen molar-refractivity contribution < 1.29 is 13.6 Å². The fourth-order valence-electron chi connectivity index (χ4n) is 3.61. The van der Waals surface area contributed by atoms with Crippen molar-refractivity contribution in [3.8, 4) is 11.3 Å². The molecule has 0 aliphatic heterocycles. The maximum absolute atomic E-state index is 13.9. The molecule has 2 aromatic carbocycles. The lowest BCUT2D eigenvalue weighted by Crippen LogP contribution is -2.35. The monoisotopic (exact) mass is 463 g/mol. The van der Waals surface area contributed by atoms with E-state index in [1.807, 2.05) is 0 Å². The molecule has 10 heteroatoms. The minimum absolute atomic E-state index is 0.209. The van der Waals surface area contributed by atoms with Crippen LogP contribution in [-0.4, -0.2) is 32.7 Å². The van der Waals surface area contributed by atoms with Gasteiger partial charge in [-0.25, -0.2) is 19.0 Å². The van der Waals surface area contributed by atoms with Crippen molar-refractivity contribution in [3.63, 3.8) is 0 Å². The number of likely N-dealkylation sites (N-methyl/N-ethyl adjacent to an activating group) is 1. The van der Waals surface area contributed by atoms with Gasteiger partial charge < -0.3 is 9.32 Å². The first kappa shape index (κ1) is 21.0. The van der Waals surface area contributed by atoms with E-state index in [0.717, 1.165) is 4.68 Å². The van der Waals surface area contributed by atoms with Crippen molar-refractivity contribution in [1.29, 1.82) is 0 Å². The SMILES string of the molecule is Cc1nc2ccc(N(C)C(=O)Cn3nc(-c4cccc(F)c4)c4sc(C)nc4c3=O)cc2o1. The largest absolute Gasteiger partial charge is 0.441 e. The van der Waals surface area contributed by atoms with Crippen LogP contribution in [0.5, 0.6) is 0 Å². The van der Waals surface area contributed by atoms with E-state index >= 15 is 0 Å². The second-order valence-electron chi connectivity index (χ2n) is 7.57. The Hall–Kier alpha value is -3.92. The van der Waals surface area contributed by atoms with E-state index in [0.29, 0.717) is 43.6 Å². The Bertz CT molecular complexity index is 1600. The van der Waals surface area contributed by atoms with E-state index in [9.17, 15) is 14.0 Å². The van der Waals surface area contributed by atoms with E-state index in [4.69, 9.17) is 4.42 Å². The molecule has 5 aromatic rings. The van der Waals surface area contributed by atoms with Crippen LogP contribution in [0.1, 0.15) is 10.9 Å². The van der Waals surface area contributed by atoms with Crippen molar-refractivity contribution in [1.82, 2.24) is 19.7 Å². The Kier molecular flexibility index (Phi) is 5.01. The quantitative estimate of drug-likeness (QED) is 0.399. The molecule has 3 heterocycles. The van der Waals surface area contributed by atoms with Gasteiger partial charge in [0, 0.05) is 31.3 Å². The molecule has 166 valence electrons. The van der Waals surface area contributed by atoms with E-state index in [-0.39, 0.29) is 18.0 Å². The summed E-state index contributed by atoms with van der Waals surface area (Å²) < 4.78 is 21.1. The number of thiazole rings is 1. The van der Waals surface area contributed by atoms with Crippen LogP contribution in [0.3, 0.4) is 0 Å². The number of halogens is 1. The molecule has 0 spiro atoms. The Balaban J connectivity index is 1.54. The van der Waals surface area contributed by atoms with Gasteiger partial charge >= 0.3 is 0 Å². The zero-order valence-electron chi connectivity index (χ0n) is 18.0. The van der Waals surface area contributed by atoms with E-state index in [2.05, 4.69) is 15.1 Å². The summed E-state index contributed by atoms with van der Waals surface area (Å²) in [6.07, 6.45) is 0. The number of carbonyl (C=O) groups excluding carboxylic acids is 1. The minimum atomic E-state index is -0.474. The smallest absolute Gasteiger partial charge is 0.294 e. The number of carbonyl (C=O) groups is 1. The zero-order chi connectivity index (χ0) is 23.3. The summed E-state index contributed by atoms with van der Waals surface area (Å²) in [5, 5.41) is 5.11. The predicted octanol–water partition coefficient (Wildman–Crippen LogP) is 4.08. The number of hydrogen-bond acceptors (Lipinski definition) is 7. The van der Waals surface area contributed by atoms with Crippen molar-refractivity contribution in [3.05, 3.63) is 69.5 Å². The molecule has 5 rings (SSSR count). The van der Waals surface area contributed by atoms with Crippen molar-refractivity contribution in [2.24, 2.45) is 0 Å². The summed E-state index contributed by atoms with van der Waals surface area (Å²) in [5.74, 6) is -0.254. The molecule has 0 bridgehead atoms. The molecule has 0 atom stereocenters. The lowest BCUT2D eigenvalue weighted by molar-refractivity contribution is -0.119. The lowest BCUT2D eigenvalue weighted by Gasteiger charge is -2.18. The van der Waals surface area contributed by atoms with Crippen molar-refractivity contribution in [2.75, 3.05) is 11.9 Å². The number of aryl methyl sites for hydroxylation is 2.